The maximum atomic E-state index is 10.7. The number of nitrogens with zero attached hydrogens (tertiary/aromatic N) is 2. The van der Waals surface area contributed by atoms with Gasteiger partial charge in [-0.05, 0) is 29.8 Å². The molecule has 0 saturated carbocycles. The third-order valence-electron chi connectivity index (χ3n) is 2.48. The molecule has 2 heterocycles. The van der Waals surface area contributed by atoms with Crippen LogP contribution in [0.15, 0.2) is 42.4 Å². The maximum Gasteiger partial charge on any atom is 0.246 e. The Balaban J connectivity index is 2.43. The highest BCUT2D eigenvalue weighted by atomic mass is 16.6. The number of hydrogen-bond donors (Lipinski definition) is 0. The lowest BCUT2D eigenvalue weighted by molar-refractivity contribution is -0.425. The van der Waals surface area contributed by atoms with Crippen LogP contribution in [-0.4, -0.2) is 9.32 Å². The molecule has 0 radical (unpaired) electrons. The molecule has 0 spiro atoms. The fourth-order valence-electron chi connectivity index (χ4n) is 1.62. The first kappa shape index (κ1) is 10.4. The Morgan fingerprint density at radius 2 is 2.31 bits per heavy atom. The SMILES string of the molecule is CC/C(=C\c1ccn2cccc2c1)[N+](=O)[O-]. The standard InChI is InChI=1S/C12H12N2O2/c1-2-11(14(15)16)8-10-5-7-13-6-3-4-12(13)9-10/h3-9H,2H2,1H3/b11-8+. The van der Waals surface area contributed by atoms with Crippen LogP contribution in [0.5, 0.6) is 0 Å². The van der Waals surface area contributed by atoms with Gasteiger partial charge in [0.2, 0.25) is 5.70 Å². The van der Waals surface area contributed by atoms with Gasteiger partial charge in [-0.2, -0.15) is 0 Å². The van der Waals surface area contributed by atoms with Crippen molar-refractivity contribution in [2.24, 2.45) is 0 Å². The largest absolute Gasteiger partial charge is 0.324 e. The molecule has 0 amide bonds. The molecule has 82 valence electrons. The van der Waals surface area contributed by atoms with Gasteiger partial charge in [0.15, 0.2) is 0 Å². The van der Waals surface area contributed by atoms with Crippen molar-refractivity contribution in [2.45, 2.75) is 13.3 Å². The van der Waals surface area contributed by atoms with E-state index in [0.29, 0.717) is 6.42 Å². The molecule has 2 rings (SSSR count). The Bertz CT molecular complexity index is 555. The number of nitro groups is 1. The summed E-state index contributed by atoms with van der Waals surface area (Å²) >= 11 is 0. The van der Waals surface area contributed by atoms with E-state index in [4.69, 9.17) is 0 Å². The molecule has 0 fully saturated rings. The molecule has 0 aliphatic rings. The summed E-state index contributed by atoms with van der Waals surface area (Å²) < 4.78 is 1.97. The van der Waals surface area contributed by atoms with Crippen LogP contribution in [0.25, 0.3) is 11.6 Å². The molecule has 0 aliphatic carbocycles. The van der Waals surface area contributed by atoms with E-state index in [-0.39, 0.29) is 10.6 Å². The predicted molar refractivity (Wildman–Crippen MR) is 62.7 cm³/mol. The zero-order valence-electron chi connectivity index (χ0n) is 8.96. The van der Waals surface area contributed by atoms with E-state index in [2.05, 4.69) is 0 Å². The Hall–Kier alpha value is -2.10. The topological polar surface area (TPSA) is 47.5 Å². The highest BCUT2D eigenvalue weighted by Gasteiger charge is 2.06. The molecule has 0 bridgehead atoms. The summed E-state index contributed by atoms with van der Waals surface area (Å²) in [6.07, 6.45) is 5.89. The lowest BCUT2D eigenvalue weighted by Crippen LogP contribution is -1.96. The highest BCUT2D eigenvalue weighted by Crippen LogP contribution is 2.13. The van der Waals surface area contributed by atoms with Crippen molar-refractivity contribution >= 4 is 11.6 Å². The van der Waals surface area contributed by atoms with E-state index < -0.39 is 0 Å². The summed E-state index contributed by atoms with van der Waals surface area (Å²) in [4.78, 5) is 10.3. The normalized spacial score (nSPS) is 11.9. The van der Waals surface area contributed by atoms with Gasteiger partial charge in [0.05, 0.1) is 4.92 Å². The first-order valence-corrected chi connectivity index (χ1v) is 5.12. The molecule has 0 N–H and O–H groups in total. The Labute approximate surface area is 93.0 Å². The van der Waals surface area contributed by atoms with Gasteiger partial charge in [-0.25, -0.2) is 0 Å². The van der Waals surface area contributed by atoms with Gasteiger partial charge in [0.25, 0.3) is 0 Å². The van der Waals surface area contributed by atoms with Crippen LogP contribution in [0.3, 0.4) is 0 Å². The van der Waals surface area contributed by atoms with Gasteiger partial charge in [0.1, 0.15) is 0 Å². The molecule has 0 aromatic carbocycles. The molecular formula is C12H12N2O2. The van der Waals surface area contributed by atoms with E-state index in [1.807, 2.05) is 41.1 Å². The van der Waals surface area contributed by atoms with Crippen molar-refractivity contribution < 1.29 is 4.92 Å². The number of pyridine rings is 1. The number of aromatic nitrogens is 1. The predicted octanol–water partition coefficient (Wildman–Crippen LogP) is 2.97. The summed E-state index contributed by atoms with van der Waals surface area (Å²) in [6.45, 7) is 1.78. The van der Waals surface area contributed by atoms with Crippen LogP contribution in [0, 0.1) is 10.1 Å². The van der Waals surface area contributed by atoms with Crippen molar-refractivity contribution in [1.29, 1.82) is 0 Å². The third kappa shape index (κ3) is 1.95. The quantitative estimate of drug-likeness (QED) is 0.585. The molecule has 0 unspecified atom stereocenters. The van der Waals surface area contributed by atoms with Crippen LogP contribution >= 0.6 is 0 Å². The van der Waals surface area contributed by atoms with Crippen molar-refractivity contribution in [3.05, 3.63) is 58.0 Å². The van der Waals surface area contributed by atoms with Gasteiger partial charge in [-0.1, -0.05) is 6.92 Å². The maximum absolute atomic E-state index is 10.7. The lowest BCUT2D eigenvalue weighted by Gasteiger charge is -1.98. The average Bonchev–Trinajstić information content (AvgIpc) is 2.72. The average molecular weight is 216 g/mol. The first-order valence-electron chi connectivity index (χ1n) is 5.12. The number of allylic oxidation sites excluding steroid dienone is 1. The summed E-state index contributed by atoms with van der Waals surface area (Å²) in [5, 5.41) is 10.7. The van der Waals surface area contributed by atoms with Gasteiger partial charge >= 0.3 is 0 Å². The zero-order chi connectivity index (χ0) is 11.5. The Kier molecular flexibility index (Phi) is 2.72. The zero-order valence-corrected chi connectivity index (χ0v) is 8.96. The first-order chi connectivity index (χ1) is 7.70. The van der Waals surface area contributed by atoms with Crippen molar-refractivity contribution in [1.82, 2.24) is 4.40 Å². The van der Waals surface area contributed by atoms with Crippen molar-refractivity contribution in [2.75, 3.05) is 0 Å². The summed E-state index contributed by atoms with van der Waals surface area (Å²) in [5.74, 6) is 0. The van der Waals surface area contributed by atoms with E-state index in [9.17, 15) is 10.1 Å². The van der Waals surface area contributed by atoms with Gasteiger partial charge in [-0.3, -0.25) is 10.1 Å². The van der Waals surface area contributed by atoms with E-state index in [1.54, 1.807) is 13.0 Å². The molecule has 4 nitrogen and oxygen atoms in total. The number of rotatable bonds is 3. The third-order valence-corrected chi connectivity index (χ3v) is 2.48. The lowest BCUT2D eigenvalue weighted by atomic mass is 10.2. The second-order valence-corrected chi connectivity index (χ2v) is 3.55. The van der Waals surface area contributed by atoms with Crippen LogP contribution < -0.4 is 0 Å². The van der Waals surface area contributed by atoms with E-state index in [1.165, 1.54) is 0 Å². The summed E-state index contributed by atoms with van der Waals surface area (Å²) in [7, 11) is 0. The Morgan fingerprint density at radius 1 is 1.50 bits per heavy atom. The van der Waals surface area contributed by atoms with E-state index >= 15 is 0 Å². The molecular weight excluding hydrogens is 204 g/mol. The van der Waals surface area contributed by atoms with Gasteiger partial charge in [0, 0.05) is 30.4 Å². The molecule has 0 atom stereocenters. The van der Waals surface area contributed by atoms with Crippen LogP contribution in [0.1, 0.15) is 18.9 Å². The van der Waals surface area contributed by atoms with Crippen LogP contribution in [-0.2, 0) is 0 Å². The highest BCUT2D eigenvalue weighted by molar-refractivity contribution is 5.59. The monoisotopic (exact) mass is 216 g/mol. The summed E-state index contributed by atoms with van der Waals surface area (Å²) in [6, 6.07) is 7.71. The minimum absolute atomic E-state index is 0.232. The van der Waals surface area contributed by atoms with Crippen molar-refractivity contribution in [3.63, 3.8) is 0 Å². The molecule has 0 aliphatic heterocycles. The molecule has 0 saturated heterocycles. The van der Waals surface area contributed by atoms with Crippen LogP contribution in [0.4, 0.5) is 0 Å². The smallest absolute Gasteiger partial charge is 0.246 e. The fraction of sp³-hybridized carbons (Fsp3) is 0.167. The second kappa shape index (κ2) is 4.18. The number of hydrogen-bond acceptors (Lipinski definition) is 2. The Morgan fingerprint density at radius 3 is 3.00 bits per heavy atom. The van der Waals surface area contributed by atoms with Crippen LogP contribution in [0.2, 0.25) is 0 Å². The summed E-state index contributed by atoms with van der Waals surface area (Å²) in [5.41, 5.74) is 2.13. The molecule has 2 aromatic rings. The van der Waals surface area contributed by atoms with Gasteiger partial charge in [-0.15, -0.1) is 0 Å². The number of fused-ring (bicyclic) bond motifs is 1. The minimum Gasteiger partial charge on any atom is -0.324 e. The molecule has 4 heteroatoms. The van der Waals surface area contributed by atoms with Gasteiger partial charge < -0.3 is 4.40 Å². The molecule has 16 heavy (non-hydrogen) atoms. The van der Waals surface area contributed by atoms with Crippen molar-refractivity contribution in [3.8, 4) is 0 Å². The fourth-order valence-corrected chi connectivity index (χ4v) is 1.62. The van der Waals surface area contributed by atoms with E-state index in [0.717, 1.165) is 11.1 Å². The minimum atomic E-state index is -0.331. The molecule has 2 aromatic heterocycles. The second-order valence-electron chi connectivity index (χ2n) is 3.55.